The normalized spacial score (nSPS) is 15.5. The van der Waals surface area contributed by atoms with Crippen LogP contribution in [-0.4, -0.2) is 17.1 Å². The number of pyridine rings is 1. The van der Waals surface area contributed by atoms with Gasteiger partial charge in [-0.05, 0) is 62.3 Å². The summed E-state index contributed by atoms with van der Waals surface area (Å²) in [5.74, 6) is 0.246. The van der Waals surface area contributed by atoms with Crippen molar-refractivity contribution in [3.8, 4) is 0 Å². The Bertz CT molecular complexity index is 950. The highest BCUT2D eigenvalue weighted by molar-refractivity contribution is 9.10. The maximum atomic E-state index is 12.9. The first-order valence-corrected chi connectivity index (χ1v) is 10.0. The van der Waals surface area contributed by atoms with Crippen LogP contribution in [0.1, 0.15) is 40.9 Å². The van der Waals surface area contributed by atoms with E-state index in [4.69, 9.17) is 4.84 Å². The highest BCUT2D eigenvalue weighted by atomic mass is 79.9. The number of aromatic nitrogens is 1. The van der Waals surface area contributed by atoms with E-state index in [1.807, 2.05) is 25.1 Å². The van der Waals surface area contributed by atoms with Gasteiger partial charge in [-0.2, -0.15) is 0 Å². The number of anilines is 2. The standard InChI is InChI=1S/C20H22BrN3O3/c1-12-9-14(21)6-7-15(12)22-16-10-18(25)24-8-2-3-17(24)19(16)20(26)23-27-11-13-4-5-13/h6-7,9-10,13,22H,2-5,8,11H2,1H3,(H,23,26). The summed E-state index contributed by atoms with van der Waals surface area (Å²) in [5.41, 5.74) is 6.13. The van der Waals surface area contributed by atoms with Gasteiger partial charge in [-0.15, -0.1) is 0 Å². The molecular formula is C20H22BrN3O3. The second kappa shape index (κ2) is 7.48. The molecule has 2 heterocycles. The van der Waals surface area contributed by atoms with E-state index in [1.54, 1.807) is 4.57 Å². The Morgan fingerprint density at radius 2 is 2.11 bits per heavy atom. The van der Waals surface area contributed by atoms with Crippen molar-refractivity contribution in [1.82, 2.24) is 10.0 Å². The summed E-state index contributed by atoms with van der Waals surface area (Å²) < 4.78 is 2.67. The SMILES string of the molecule is Cc1cc(Br)ccc1Nc1cc(=O)n2c(c1C(=O)NOCC1CC1)CCC2. The first kappa shape index (κ1) is 18.3. The topological polar surface area (TPSA) is 72.4 Å². The number of nitrogens with zero attached hydrogens (tertiary/aromatic N) is 1. The monoisotopic (exact) mass is 431 g/mol. The molecular weight excluding hydrogens is 410 g/mol. The molecule has 1 aliphatic heterocycles. The van der Waals surface area contributed by atoms with E-state index >= 15 is 0 Å². The Labute approximate surface area is 166 Å². The number of aryl methyl sites for hydroxylation is 1. The molecule has 1 aromatic heterocycles. The van der Waals surface area contributed by atoms with Gasteiger partial charge in [0, 0.05) is 28.5 Å². The third-order valence-corrected chi connectivity index (χ3v) is 5.57. The van der Waals surface area contributed by atoms with E-state index in [2.05, 4.69) is 26.7 Å². The maximum Gasteiger partial charge on any atom is 0.278 e. The van der Waals surface area contributed by atoms with Crippen LogP contribution in [0.15, 0.2) is 33.5 Å². The number of rotatable bonds is 6. The molecule has 7 heteroatoms. The summed E-state index contributed by atoms with van der Waals surface area (Å²) in [7, 11) is 0. The van der Waals surface area contributed by atoms with Crippen molar-refractivity contribution in [2.75, 3.05) is 11.9 Å². The molecule has 2 aromatic rings. The summed E-state index contributed by atoms with van der Waals surface area (Å²) >= 11 is 3.46. The van der Waals surface area contributed by atoms with Crippen LogP contribution in [0.3, 0.4) is 0 Å². The predicted octanol–water partition coefficient (Wildman–Crippen LogP) is 3.68. The van der Waals surface area contributed by atoms with Gasteiger partial charge in [0.05, 0.1) is 17.9 Å². The van der Waals surface area contributed by atoms with Crippen LogP contribution < -0.4 is 16.4 Å². The number of nitrogens with one attached hydrogen (secondary N) is 2. The summed E-state index contributed by atoms with van der Waals surface area (Å²) in [6, 6.07) is 7.34. The second-order valence-corrected chi connectivity index (χ2v) is 8.16. The van der Waals surface area contributed by atoms with Crippen LogP contribution in [0.25, 0.3) is 0 Å². The van der Waals surface area contributed by atoms with Crippen LogP contribution in [0.4, 0.5) is 11.4 Å². The van der Waals surface area contributed by atoms with Crippen LogP contribution in [0.5, 0.6) is 0 Å². The van der Waals surface area contributed by atoms with Crippen LogP contribution in [0, 0.1) is 12.8 Å². The lowest BCUT2D eigenvalue weighted by molar-refractivity contribution is 0.0269. The molecule has 27 heavy (non-hydrogen) atoms. The molecule has 0 radical (unpaired) electrons. The van der Waals surface area contributed by atoms with Gasteiger partial charge in [0.25, 0.3) is 11.5 Å². The number of hydrogen-bond donors (Lipinski definition) is 2. The summed E-state index contributed by atoms with van der Waals surface area (Å²) in [4.78, 5) is 30.8. The average molecular weight is 432 g/mol. The summed E-state index contributed by atoms with van der Waals surface area (Å²) in [5, 5.41) is 3.28. The molecule has 0 unspecified atom stereocenters. The zero-order valence-electron chi connectivity index (χ0n) is 15.2. The molecule has 4 rings (SSSR count). The van der Waals surface area contributed by atoms with Crippen molar-refractivity contribution in [2.24, 2.45) is 5.92 Å². The van der Waals surface area contributed by atoms with Crippen molar-refractivity contribution in [2.45, 2.75) is 39.2 Å². The van der Waals surface area contributed by atoms with Crippen molar-refractivity contribution < 1.29 is 9.63 Å². The van der Waals surface area contributed by atoms with Gasteiger partial charge in [0.15, 0.2) is 0 Å². The highest BCUT2D eigenvalue weighted by Crippen LogP contribution is 2.30. The van der Waals surface area contributed by atoms with Crippen molar-refractivity contribution >= 4 is 33.2 Å². The second-order valence-electron chi connectivity index (χ2n) is 7.24. The number of amides is 1. The number of hydroxylamine groups is 1. The Hall–Kier alpha value is -2.12. The van der Waals surface area contributed by atoms with Gasteiger partial charge in [0.1, 0.15) is 0 Å². The van der Waals surface area contributed by atoms with Crippen LogP contribution >= 0.6 is 15.9 Å². The Balaban J connectivity index is 1.67. The highest BCUT2D eigenvalue weighted by Gasteiger charge is 2.26. The maximum absolute atomic E-state index is 12.9. The number of fused-ring (bicyclic) bond motifs is 1. The van der Waals surface area contributed by atoms with Crippen molar-refractivity contribution in [3.63, 3.8) is 0 Å². The molecule has 0 bridgehead atoms. The lowest BCUT2D eigenvalue weighted by atomic mass is 10.1. The molecule has 0 saturated heterocycles. The third kappa shape index (κ3) is 3.94. The molecule has 2 aliphatic rings. The van der Waals surface area contributed by atoms with Gasteiger partial charge < -0.3 is 9.88 Å². The van der Waals surface area contributed by atoms with Gasteiger partial charge >= 0.3 is 0 Å². The molecule has 0 spiro atoms. The molecule has 6 nitrogen and oxygen atoms in total. The molecule has 142 valence electrons. The van der Waals surface area contributed by atoms with Gasteiger partial charge in [-0.1, -0.05) is 15.9 Å². The quantitative estimate of drug-likeness (QED) is 0.684. The molecule has 1 saturated carbocycles. The molecule has 0 atom stereocenters. The fourth-order valence-electron chi connectivity index (χ4n) is 3.43. The first-order chi connectivity index (χ1) is 13.0. The van der Waals surface area contributed by atoms with Gasteiger partial charge in [0.2, 0.25) is 0 Å². The number of carbonyl (C=O) groups excluding carboxylic acids is 1. The van der Waals surface area contributed by atoms with Gasteiger partial charge in [-0.3, -0.25) is 14.4 Å². The number of hydrogen-bond acceptors (Lipinski definition) is 4. The van der Waals surface area contributed by atoms with Gasteiger partial charge in [-0.25, -0.2) is 5.48 Å². The average Bonchev–Trinajstić information content (AvgIpc) is 3.31. The smallest absolute Gasteiger partial charge is 0.278 e. The Morgan fingerprint density at radius 3 is 2.85 bits per heavy atom. The van der Waals surface area contributed by atoms with E-state index in [9.17, 15) is 9.59 Å². The zero-order valence-corrected chi connectivity index (χ0v) is 16.8. The minimum absolute atomic E-state index is 0.0878. The molecule has 2 N–H and O–H groups in total. The lowest BCUT2D eigenvalue weighted by Crippen LogP contribution is -2.30. The number of halogens is 1. The fraction of sp³-hybridized carbons (Fsp3) is 0.400. The van der Waals surface area contributed by atoms with E-state index in [1.165, 1.54) is 6.07 Å². The lowest BCUT2D eigenvalue weighted by Gasteiger charge is -2.17. The Kier molecular flexibility index (Phi) is 5.06. The van der Waals surface area contributed by atoms with Crippen molar-refractivity contribution in [1.29, 1.82) is 0 Å². The summed E-state index contributed by atoms with van der Waals surface area (Å²) in [6.45, 7) is 3.16. The minimum atomic E-state index is -0.307. The Morgan fingerprint density at radius 1 is 1.30 bits per heavy atom. The van der Waals surface area contributed by atoms with Crippen LogP contribution in [-0.2, 0) is 17.8 Å². The first-order valence-electron chi connectivity index (χ1n) is 9.25. The molecule has 1 aromatic carbocycles. The van der Waals surface area contributed by atoms with E-state index in [0.717, 1.165) is 40.7 Å². The largest absolute Gasteiger partial charge is 0.354 e. The summed E-state index contributed by atoms with van der Waals surface area (Å²) in [6.07, 6.45) is 3.87. The number of carbonyl (C=O) groups is 1. The predicted molar refractivity (Wildman–Crippen MR) is 107 cm³/mol. The molecule has 1 amide bonds. The third-order valence-electron chi connectivity index (χ3n) is 5.08. The molecule has 1 fully saturated rings. The van der Waals surface area contributed by atoms with E-state index < -0.39 is 0 Å². The zero-order chi connectivity index (χ0) is 19.0. The fourth-order valence-corrected chi connectivity index (χ4v) is 3.91. The van der Waals surface area contributed by atoms with Crippen LogP contribution in [0.2, 0.25) is 0 Å². The van der Waals surface area contributed by atoms with E-state index in [-0.39, 0.29) is 11.5 Å². The molecule has 1 aliphatic carbocycles. The number of benzene rings is 1. The van der Waals surface area contributed by atoms with E-state index in [0.29, 0.717) is 36.7 Å². The van der Waals surface area contributed by atoms with Crippen molar-refractivity contribution in [3.05, 3.63) is 55.9 Å². The minimum Gasteiger partial charge on any atom is -0.354 e.